The lowest BCUT2D eigenvalue weighted by atomic mass is 10.1. The SMILES string of the molecule is CCCCOC(=O)C(C)Oc1ccc(CCC)cc1. The molecule has 3 nitrogen and oxygen atoms in total. The molecule has 0 saturated carbocycles. The minimum Gasteiger partial charge on any atom is -0.479 e. The van der Waals surface area contributed by atoms with E-state index in [1.807, 2.05) is 24.3 Å². The molecular formula is C16H24O3. The van der Waals surface area contributed by atoms with Gasteiger partial charge in [0, 0.05) is 0 Å². The van der Waals surface area contributed by atoms with Crippen molar-refractivity contribution < 1.29 is 14.3 Å². The van der Waals surface area contributed by atoms with Crippen molar-refractivity contribution in [3.63, 3.8) is 0 Å². The summed E-state index contributed by atoms with van der Waals surface area (Å²) in [7, 11) is 0. The normalized spacial score (nSPS) is 11.9. The third-order valence-electron chi connectivity index (χ3n) is 2.85. The molecule has 0 saturated heterocycles. The molecule has 0 radical (unpaired) electrons. The van der Waals surface area contributed by atoms with Crippen molar-refractivity contribution in [3.8, 4) is 5.75 Å². The minimum absolute atomic E-state index is 0.300. The predicted octanol–water partition coefficient (Wildman–Crippen LogP) is 3.75. The van der Waals surface area contributed by atoms with E-state index in [0.717, 1.165) is 25.7 Å². The minimum atomic E-state index is -0.561. The molecule has 0 spiro atoms. The first kappa shape index (κ1) is 15.5. The van der Waals surface area contributed by atoms with Crippen LogP contribution in [0.2, 0.25) is 0 Å². The molecule has 1 aromatic rings. The van der Waals surface area contributed by atoms with Crippen molar-refractivity contribution in [1.29, 1.82) is 0 Å². The first-order chi connectivity index (χ1) is 9.17. The molecule has 0 N–H and O–H groups in total. The topological polar surface area (TPSA) is 35.5 Å². The van der Waals surface area contributed by atoms with Gasteiger partial charge in [-0.3, -0.25) is 0 Å². The molecule has 106 valence electrons. The molecule has 0 aliphatic carbocycles. The molecule has 3 heteroatoms. The Morgan fingerprint density at radius 1 is 1.16 bits per heavy atom. The van der Waals surface area contributed by atoms with Gasteiger partial charge in [-0.25, -0.2) is 4.79 Å². The Morgan fingerprint density at radius 3 is 2.42 bits per heavy atom. The number of unbranched alkanes of at least 4 members (excludes halogenated alkanes) is 1. The fraction of sp³-hybridized carbons (Fsp3) is 0.562. The van der Waals surface area contributed by atoms with E-state index in [2.05, 4.69) is 13.8 Å². The maximum atomic E-state index is 11.6. The van der Waals surface area contributed by atoms with E-state index in [9.17, 15) is 4.79 Å². The van der Waals surface area contributed by atoms with Gasteiger partial charge in [0.1, 0.15) is 5.75 Å². The first-order valence-electron chi connectivity index (χ1n) is 7.09. The predicted molar refractivity (Wildman–Crippen MR) is 76.4 cm³/mol. The summed E-state index contributed by atoms with van der Waals surface area (Å²) in [6, 6.07) is 7.88. The van der Waals surface area contributed by atoms with Gasteiger partial charge in [0.2, 0.25) is 0 Å². The van der Waals surface area contributed by atoms with Crippen LogP contribution < -0.4 is 4.74 Å². The summed E-state index contributed by atoms with van der Waals surface area (Å²) in [6.07, 6.45) is 3.54. The summed E-state index contributed by atoms with van der Waals surface area (Å²) in [5, 5.41) is 0. The van der Waals surface area contributed by atoms with Crippen LogP contribution in [0.25, 0.3) is 0 Å². The van der Waals surface area contributed by atoms with Crippen LogP contribution in [0.5, 0.6) is 5.75 Å². The van der Waals surface area contributed by atoms with Crippen LogP contribution in [0.1, 0.15) is 45.6 Å². The summed E-state index contributed by atoms with van der Waals surface area (Å²) in [5.74, 6) is 0.408. The van der Waals surface area contributed by atoms with Gasteiger partial charge in [-0.1, -0.05) is 38.8 Å². The number of hydrogen-bond donors (Lipinski definition) is 0. The van der Waals surface area contributed by atoms with Crippen molar-refractivity contribution in [2.75, 3.05) is 6.61 Å². The second-order valence-corrected chi connectivity index (χ2v) is 4.68. The third-order valence-corrected chi connectivity index (χ3v) is 2.85. The summed E-state index contributed by atoms with van der Waals surface area (Å²) in [4.78, 5) is 11.6. The zero-order chi connectivity index (χ0) is 14.1. The maximum Gasteiger partial charge on any atom is 0.347 e. The number of aryl methyl sites for hydroxylation is 1. The maximum absolute atomic E-state index is 11.6. The van der Waals surface area contributed by atoms with Gasteiger partial charge in [-0.2, -0.15) is 0 Å². The van der Waals surface area contributed by atoms with E-state index in [4.69, 9.17) is 9.47 Å². The molecule has 0 aromatic heterocycles. The van der Waals surface area contributed by atoms with E-state index < -0.39 is 6.10 Å². The Bertz CT molecular complexity index is 370. The van der Waals surface area contributed by atoms with E-state index >= 15 is 0 Å². The Balaban J connectivity index is 2.42. The molecule has 19 heavy (non-hydrogen) atoms. The smallest absolute Gasteiger partial charge is 0.347 e. The zero-order valence-electron chi connectivity index (χ0n) is 12.1. The number of ether oxygens (including phenoxy) is 2. The Labute approximate surface area is 115 Å². The van der Waals surface area contributed by atoms with Crippen molar-refractivity contribution >= 4 is 5.97 Å². The molecule has 0 aliphatic rings. The highest BCUT2D eigenvalue weighted by Crippen LogP contribution is 2.15. The molecule has 0 aliphatic heterocycles. The number of carbonyl (C=O) groups excluding carboxylic acids is 1. The molecule has 0 bridgehead atoms. The van der Waals surface area contributed by atoms with E-state index in [1.165, 1.54) is 5.56 Å². The standard InChI is InChI=1S/C16H24O3/c1-4-6-12-18-16(17)13(3)19-15-10-8-14(7-5-2)9-11-15/h8-11,13H,4-7,12H2,1-3H3. The summed E-state index contributed by atoms with van der Waals surface area (Å²) >= 11 is 0. The number of hydrogen-bond acceptors (Lipinski definition) is 3. The van der Waals surface area contributed by atoms with E-state index in [1.54, 1.807) is 6.92 Å². The molecule has 1 unspecified atom stereocenters. The second-order valence-electron chi connectivity index (χ2n) is 4.68. The van der Waals surface area contributed by atoms with Crippen LogP contribution in [0.3, 0.4) is 0 Å². The van der Waals surface area contributed by atoms with Gasteiger partial charge < -0.3 is 9.47 Å². The number of rotatable bonds is 8. The van der Waals surface area contributed by atoms with E-state index in [0.29, 0.717) is 12.4 Å². The molecule has 0 amide bonds. The number of esters is 1. The number of benzene rings is 1. The molecular weight excluding hydrogens is 240 g/mol. The highest BCUT2D eigenvalue weighted by atomic mass is 16.6. The zero-order valence-corrected chi connectivity index (χ0v) is 12.1. The quantitative estimate of drug-likeness (QED) is 0.530. The van der Waals surface area contributed by atoms with Gasteiger partial charge >= 0.3 is 5.97 Å². The van der Waals surface area contributed by atoms with Crippen molar-refractivity contribution in [2.24, 2.45) is 0 Å². The van der Waals surface area contributed by atoms with Crippen LogP contribution in [0.4, 0.5) is 0 Å². The van der Waals surface area contributed by atoms with Crippen LogP contribution >= 0.6 is 0 Å². The van der Waals surface area contributed by atoms with Gasteiger partial charge in [0.15, 0.2) is 6.10 Å². The van der Waals surface area contributed by atoms with Crippen LogP contribution in [0, 0.1) is 0 Å². The lowest BCUT2D eigenvalue weighted by Crippen LogP contribution is -2.26. The van der Waals surface area contributed by atoms with E-state index in [-0.39, 0.29) is 5.97 Å². The molecule has 0 fully saturated rings. The van der Waals surface area contributed by atoms with Crippen LogP contribution in [0.15, 0.2) is 24.3 Å². The lowest BCUT2D eigenvalue weighted by molar-refractivity contribution is -0.151. The summed E-state index contributed by atoms with van der Waals surface area (Å²) in [5.41, 5.74) is 1.29. The van der Waals surface area contributed by atoms with Gasteiger partial charge in [-0.05, 0) is 37.5 Å². The highest BCUT2D eigenvalue weighted by Gasteiger charge is 2.15. The fourth-order valence-corrected chi connectivity index (χ4v) is 1.71. The average molecular weight is 264 g/mol. The lowest BCUT2D eigenvalue weighted by Gasteiger charge is -2.14. The summed E-state index contributed by atoms with van der Waals surface area (Å²) < 4.78 is 10.7. The third kappa shape index (κ3) is 5.77. The molecule has 0 heterocycles. The molecule has 1 atom stereocenters. The summed E-state index contributed by atoms with van der Waals surface area (Å²) in [6.45, 7) is 6.40. The second kappa shape index (κ2) is 8.57. The van der Waals surface area contributed by atoms with Crippen LogP contribution in [-0.2, 0) is 16.0 Å². The fourth-order valence-electron chi connectivity index (χ4n) is 1.71. The van der Waals surface area contributed by atoms with Crippen molar-refractivity contribution in [1.82, 2.24) is 0 Å². The highest BCUT2D eigenvalue weighted by molar-refractivity contribution is 5.74. The molecule has 1 aromatic carbocycles. The van der Waals surface area contributed by atoms with Gasteiger partial charge in [-0.15, -0.1) is 0 Å². The first-order valence-corrected chi connectivity index (χ1v) is 7.09. The van der Waals surface area contributed by atoms with Crippen molar-refractivity contribution in [2.45, 2.75) is 52.6 Å². The number of carbonyl (C=O) groups is 1. The van der Waals surface area contributed by atoms with Crippen LogP contribution in [-0.4, -0.2) is 18.7 Å². The Morgan fingerprint density at radius 2 is 1.84 bits per heavy atom. The Hall–Kier alpha value is -1.51. The monoisotopic (exact) mass is 264 g/mol. The Kier molecular flexibility index (Phi) is 7.01. The van der Waals surface area contributed by atoms with Crippen molar-refractivity contribution in [3.05, 3.63) is 29.8 Å². The largest absolute Gasteiger partial charge is 0.479 e. The van der Waals surface area contributed by atoms with Gasteiger partial charge in [0.05, 0.1) is 6.61 Å². The average Bonchev–Trinajstić information content (AvgIpc) is 2.41. The molecule has 1 rings (SSSR count). The van der Waals surface area contributed by atoms with Gasteiger partial charge in [0.25, 0.3) is 0 Å².